The van der Waals surface area contributed by atoms with Crippen molar-refractivity contribution in [2.24, 2.45) is 0 Å². The average molecular weight is 241 g/mol. The molecule has 0 aromatic carbocycles. The number of rotatable bonds is 6. The minimum atomic E-state index is -0.671. The first-order valence-electron chi connectivity index (χ1n) is 5.48. The maximum Gasteiger partial charge on any atom is 0.224 e. The summed E-state index contributed by atoms with van der Waals surface area (Å²) in [5.41, 5.74) is 2.63. The summed E-state index contributed by atoms with van der Waals surface area (Å²) in [6.07, 6.45) is -0.399. The highest BCUT2D eigenvalue weighted by Gasteiger charge is 2.12. The molecule has 0 aliphatic heterocycles. The number of ether oxygens (including phenoxy) is 1. The van der Waals surface area contributed by atoms with Crippen molar-refractivity contribution in [1.82, 2.24) is 15.5 Å². The van der Waals surface area contributed by atoms with Gasteiger partial charge in [-0.15, -0.1) is 0 Å². The van der Waals surface area contributed by atoms with Gasteiger partial charge in [-0.2, -0.15) is 5.10 Å². The number of H-pyrrole nitrogens is 1. The van der Waals surface area contributed by atoms with Crippen LogP contribution in [0.2, 0.25) is 0 Å². The van der Waals surface area contributed by atoms with Crippen LogP contribution in [0, 0.1) is 13.8 Å². The lowest BCUT2D eigenvalue weighted by Gasteiger charge is -2.10. The number of aromatic nitrogens is 2. The van der Waals surface area contributed by atoms with Crippen LogP contribution in [-0.4, -0.2) is 47.6 Å². The number of methoxy groups -OCH3 is 1. The van der Waals surface area contributed by atoms with Crippen LogP contribution < -0.4 is 5.32 Å². The van der Waals surface area contributed by atoms with Crippen molar-refractivity contribution in [3.05, 3.63) is 17.0 Å². The van der Waals surface area contributed by atoms with Crippen LogP contribution in [0.25, 0.3) is 0 Å². The summed E-state index contributed by atoms with van der Waals surface area (Å²) in [4.78, 5) is 11.6. The van der Waals surface area contributed by atoms with E-state index >= 15 is 0 Å². The second-order valence-electron chi connectivity index (χ2n) is 4.00. The molecule has 1 amide bonds. The lowest BCUT2D eigenvalue weighted by Crippen LogP contribution is -2.35. The average Bonchev–Trinajstić information content (AvgIpc) is 2.58. The molecule has 0 spiro atoms. The predicted molar refractivity (Wildman–Crippen MR) is 62.7 cm³/mol. The van der Waals surface area contributed by atoms with E-state index in [0.717, 1.165) is 17.0 Å². The molecule has 1 unspecified atom stereocenters. The molecule has 0 saturated heterocycles. The fourth-order valence-electron chi connectivity index (χ4n) is 1.54. The van der Waals surface area contributed by atoms with E-state index < -0.39 is 6.10 Å². The molecule has 3 N–H and O–H groups in total. The molecule has 1 heterocycles. The Balaban J connectivity index is 2.40. The van der Waals surface area contributed by atoms with E-state index in [1.807, 2.05) is 13.8 Å². The molecule has 0 bridgehead atoms. The predicted octanol–water partition coefficient (Wildman–Crippen LogP) is -0.307. The number of nitrogens with zero attached hydrogens (tertiary/aromatic N) is 1. The van der Waals surface area contributed by atoms with Crippen LogP contribution in [0.15, 0.2) is 0 Å². The van der Waals surface area contributed by atoms with Gasteiger partial charge in [0.15, 0.2) is 0 Å². The summed E-state index contributed by atoms with van der Waals surface area (Å²) in [7, 11) is 1.50. The Hall–Kier alpha value is -1.40. The number of aryl methyl sites for hydroxylation is 2. The van der Waals surface area contributed by atoms with Crippen LogP contribution in [0.1, 0.15) is 17.0 Å². The quantitative estimate of drug-likeness (QED) is 0.637. The Kier molecular flexibility index (Phi) is 5.11. The lowest BCUT2D eigenvalue weighted by atomic mass is 10.1. The molecule has 0 aliphatic carbocycles. The van der Waals surface area contributed by atoms with Gasteiger partial charge in [0.1, 0.15) is 0 Å². The van der Waals surface area contributed by atoms with E-state index in [-0.39, 0.29) is 25.5 Å². The summed E-state index contributed by atoms with van der Waals surface area (Å²) in [6, 6.07) is 0. The van der Waals surface area contributed by atoms with Crippen LogP contribution in [0.5, 0.6) is 0 Å². The number of carbonyl (C=O) groups is 1. The molecular formula is C11H19N3O3. The zero-order chi connectivity index (χ0) is 12.8. The molecule has 6 nitrogen and oxygen atoms in total. The molecular weight excluding hydrogens is 222 g/mol. The minimum absolute atomic E-state index is 0.132. The normalized spacial score (nSPS) is 12.5. The maximum absolute atomic E-state index is 11.6. The fourth-order valence-corrected chi connectivity index (χ4v) is 1.54. The highest BCUT2D eigenvalue weighted by Crippen LogP contribution is 2.09. The number of carbonyl (C=O) groups excluding carboxylic acids is 1. The Labute approximate surface area is 100 Å². The van der Waals surface area contributed by atoms with Crippen molar-refractivity contribution in [2.45, 2.75) is 26.4 Å². The van der Waals surface area contributed by atoms with Crippen molar-refractivity contribution < 1.29 is 14.6 Å². The molecule has 0 radical (unpaired) electrons. The third kappa shape index (κ3) is 4.16. The number of aliphatic hydroxyl groups is 1. The lowest BCUT2D eigenvalue weighted by molar-refractivity contribution is -0.121. The SMILES string of the molecule is COCC(O)CNC(=O)Cc1c(C)n[nH]c1C. The van der Waals surface area contributed by atoms with Gasteiger partial charge in [0.25, 0.3) is 0 Å². The van der Waals surface area contributed by atoms with Crippen molar-refractivity contribution in [3.63, 3.8) is 0 Å². The van der Waals surface area contributed by atoms with E-state index in [4.69, 9.17) is 4.74 Å². The molecule has 6 heteroatoms. The van der Waals surface area contributed by atoms with Gasteiger partial charge in [-0.3, -0.25) is 9.89 Å². The fraction of sp³-hybridized carbons (Fsp3) is 0.636. The highest BCUT2D eigenvalue weighted by atomic mass is 16.5. The van der Waals surface area contributed by atoms with Crippen molar-refractivity contribution in [1.29, 1.82) is 0 Å². The molecule has 0 fully saturated rings. The van der Waals surface area contributed by atoms with Crippen molar-refractivity contribution in [3.8, 4) is 0 Å². The monoisotopic (exact) mass is 241 g/mol. The largest absolute Gasteiger partial charge is 0.389 e. The molecule has 1 aromatic rings. The smallest absolute Gasteiger partial charge is 0.224 e. The van der Waals surface area contributed by atoms with E-state index in [1.165, 1.54) is 7.11 Å². The van der Waals surface area contributed by atoms with Gasteiger partial charge >= 0.3 is 0 Å². The number of nitrogens with one attached hydrogen (secondary N) is 2. The molecule has 17 heavy (non-hydrogen) atoms. The zero-order valence-electron chi connectivity index (χ0n) is 10.4. The van der Waals surface area contributed by atoms with E-state index in [1.54, 1.807) is 0 Å². The van der Waals surface area contributed by atoms with E-state index in [0.29, 0.717) is 0 Å². The van der Waals surface area contributed by atoms with Crippen molar-refractivity contribution >= 4 is 5.91 Å². The highest BCUT2D eigenvalue weighted by molar-refractivity contribution is 5.79. The second-order valence-corrected chi connectivity index (χ2v) is 4.00. The van der Waals surface area contributed by atoms with Crippen LogP contribution in [-0.2, 0) is 16.0 Å². The first kappa shape index (κ1) is 13.7. The number of aliphatic hydroxyl groups excluding tert-OH is 1. The van der Waals surface area contributed by atoms with Gasteiger partial charge in [0.05, 0.1) is 24.8 Å². The number of aromatic amines is 1. The van der Waals surface area contributed by atoms with Crippen molar-refractivity contribution in [2.75, 3.05) is 20.3 Å². The molecule has 96 valence electrons. The summed E-state index contributed by atoms with van der Waals surface area (Å²) in [5.74, 6) is -0.132. The third-order valence-electron chi connectivity index (χ3n) is 2.51. The topological polar surface area (TPSA) is 87.2 Å². The van der Waals surface area contributed by atoms with Gasteiger partial charge in [-0.1, -0.05) is 0 Å². The van der Waals surface area contributed by atoms with Gasteiger partial charge in [-0.25, -0.2) is 0 Å². The second kappa shape index (κ2) is 6.36. The summed E-state index contributed by atoms with van der Waals surface area (Å²) < 4.78 is 4.76. The Morgan fingerprint density at radius 3 is 2.82 bits per heavy atom. The summed E-state index contributed by atoms with van der Waals surface area (Å²) in [5, 5.41) is 18.9. The van der Waals surface area contributed by atoms with Gasteiger partial charge in [0, 0.05) is 24.9 Å². The Morgan fingerprint density at radius 1 is 1.59 bits per heavy atom. The molecule has 0 aliphatic rings. The van der Waals surface area contributed by atoms with Crippen LogP contribution >= 0.6 is 0 Å². The maximum atomic E-state index is 11.6. The number of hydrogen-bond donors (Lipinski definition) is 3. The summed E-state index contributed by atoms with van der Waals surface area (Å²) in [6.45, 7) is 4.14. The van der Waals surface area contributed by atoms with Gasteiger partial charge < -0.3 is 15.2 Å². The Bertz CT molecular complexity index is 357. The zero-order valence-corrected chi connectivity index (χ0v) is 10.4. The third-order valence-corrected chi connectivity index (χ3v) is 2.51. The number of amides is 1. The molecule has 1 rings (SSSR count). The minimum Gasteiger partial charge on any atom is -0.389 e. The first-order valence-corrected chi connectivity index (χ1v) is 5.48. The summed E-state index contributed by atoms with van der Waals surface area (Å²) >= 11 is 0. The Morgan fingerprint density at radius 2 is 2.29 bits per heavy atom. The van der Waals surface area contributed by atoms with Crippen LogP contribution in [0.3, 0.4) is 0 Å². The molecule has 0 saturated carbocycles. The standard InChI is InChI=1S/C11H19N3O3/c1-7-10(8(2)14-13-7)4-11(16)12-5-9(15)6-17-3/h9,15H,4-6H2,1-3H3,(H,12,16)(H,13,14). The van der Waals surface area contributed by atoms with Crippen LogP contribution in [0.4, 0.5) is 0 Å². The van der Waals surface area contributed by atoms with E-state index in [9.17, 15) is 9.90 Å². The first-order chi connectivity index (χ1) is 8.04. The van der Waals surface area contributed by atoms with Gasteiger partial charge in [0.2, 0.25) is 5.91 Å². The van der Waals surface area contributed by atoms with Gasteiger partial charge in [-0.05, 0) is 13.8 Å². The van der Waals surface area contributed by atoms with E-state index in [2.05, 4.69) is 15.5 Å². The number of hydrogen-bond acceptors (Lipinski definition) is 4. The molecule has 1 atom stereocenters. The molecule has 1 aromatic heterocycles.